The lowest BCUT2D eigenvalue weighted by Crippen LogP contribution is -2.65. The first-order valence-corrected chi connectivity index (χ1v) is 8.60. The highest BCUT2D eigenvalue weighted by molar-refractivity contribution is 5.92. The van der Waals surface area contributed by atoms with Crippen molar-refractivity contribution in [1.82, 2.24) is 25.1 Å². The number of aryl methyl sites for hydroxylation is 1. The van der Waals surface area contributed by atoms with Crippen LogP contribution in [-0.2, 0) is 11.8 Å². The van der Waals surface area contributed by atoms with Crippen LogP contribution in [-0.4, -0.2) is 57.5 Å². The number of nitrogens with one attached hydrogen (secondary N) is 1. The van der Waals surface area contributed by atoms with Gasteiger partial charge in [0.1, 0.15) is 11.3 Å². The van der Waals surface area contributed by atoms with Gasteiger partial charge < -0.3 is 15.0 Å². The molecule has 25 heavy (non-hydrogen) atoms. The first kappa shape index (κ1) is 16.0. The third-order valence-electron chi connectivity index (χ3n) is 5.18. The van der Waals surface area contributed by atoms with Crippen LogP contribution in [0, 0.1) is 5.92 Å². The molecular formula is C17H22N6O2. The van der Waals surface area contributed by atoms with Crippen molar-refractivity contribution >= 4 is 11.9 Å². The van der Waals surface area contributed by atoms with E-state index < -0.39 is 0 Å². The van der Waals surface area contributed by atoms with Crippen molar-refractivity contribution in [3.05, 3.63) is 36.4 Å². The van der Waals surface area contributed by atoms with Crippen LogP contribution in [0.2, 0.25) is 0 Å². The van der Waals surface area contributed by atoms with E-state index >= 15 is 0 Å². The molecule has 1 spiro atoms. The third kappa shape index (κ3) is 2.97. The van der Waals surface area contributed by atoms with Crippen LogP contribution in [0.25, 0.3) is 0 Å². The molecule has 0 bridgehead atoms. The summed E-state index contributed by atoms with van der Waals surface area (Å²) in [5.74, 6) is 1.12. The summed E-state index contributed by atoms with van der Waals surface area (Å²) < 4.78 is 7.65. The van der Waals surface area contributed by atoms with Gasteiger partial charge in [-0.3, -0.25) is 9.48 Å². The van der Waals surface area contributed by atoms with Gasteiger partial charge >= 0.3 is 0 Å². The fourth-order valence-electron chi connectivity index (χ4n) is 3.79. The summed E-state index contributed by atoms with van der Waals surface area (Å²) in [6, 6.07) is 3.54. The molecule has 2 aromatic heterocycles. The molecule has 4 rings (SSSR count). The number of nitrogens with zero attached hydrogens (tertiary/aromatic N) is 5. The number of carbonyl (C=O) groups excluding carboxylic acids is 1. The summed E-state index contributed by atoms with van der Waals surface area (Å²) in [6.45, 7) is 3.06. The summed E-state index contributed by atoms with van der Waals surface area (Å²) in [5, 5.41) is 7.01. The second-order valence-electron chi connectivity index (χ2n) is 6.69. The maximum Gasteiger partial charge on any atom is 0.269 e. The highest BCUT2D eigenvalue weighted by Crippen LogP contribution is 2.42. The van der Waals surface area contributed by atoms with Crippen LogP contribution in [0.3, 0.4) is 0 Å². The number of anilines is 1. The predicted octanol–water partition coefficient (Wildman–Crippen LogP) is 0.625. The lowest BCUT2D eigenvalue weighted by Gasteiger charge is -2.50. The normalized spacial score (nSPS) is 21.3. The van der Waals surface area contributed by atoms with Crippen LogP contribution in [0.1, 0.15) is 23.3 Å². The van der Waals surface area contributed by atoms with Gasteiger partial charge in [-0.05, 0) is 30.9 Å². The zero-order chi connectivity index (χ0) is 17.3. The summed E-state index contributed by atoms with van der Waals surface area (Å²) in [7, 11) is 1.77. The van der Waals surface area contributed by atoms with Gasteiger partial charge in [0.05, 0.1) is 13.1 Å². The van der Waals surface area contributed by atoms with E-state index in [0.717, 1.165) is 38.5 Å². The molecule has 2 fully saturated rings. The number of ether oxygens (including phenoxy) is 1. The molecule has 132 valence electrons. The first-order chi connectivity index (χ1) is 12.2. The number of hydrogen-bond donors (Lipinski definition) is 1. The van der Waals surface area contributed by atoms with Crippen LogP contribution >= 0.6 is 0 Å². The number of hydrogen-bond acceptors (Lipinski definition) is 6. The van der Waals surface area contributed by atoms with Crippen LogP contribution in [0.4, 0.5) is 5.95 Å². The quantitative estimate of drug-likeness (QED) is 0.858. The number of amides is 1. The molecule has 8 heteroatoms. The molecule has 1 atom stereocenters. The van der Waals surface area contributed by atoms with Crippen molar-refractivity contribution in [1.29, 1.82) is 0 Å². The molecule has 2 aliphatic rings. The molecule has 1 amide bonds. The van der Waals surface area contributed by atoms with E-state index in [0.29, 0.717) is 18.2 Å². The zero-order valence-electron chi connectivity index (χ0n) is 14.3. The molecule has 2 aromatic rings. The molecule has 2 saturated heterocycles. The summed E-state index contributed by atoms with van der Waals surface area (Å²) in [4.78, 5) is 22.9. The Balaban J connectivity index is 1.30. The Morgan fingerprint density at radius 1 is 1.36 bits per heavy atom. The SMILES string of the molecule is Cn1nccc1C(=O)NCC[C@H]1CCOC12CN(c1ncccn1)C2. The summed E-state index contributed by atoms with van der Waals surface area (Å²) in [6.07, 6.45) is 7.09. The lowest BCUT2D eigenvalue weighted by molar-refractivity contribution is -0.0459. The molecule has 8 nitrogen and oxygen atoms in total. The van der Waals surface area contributed by atoms with Crippen molar-refractivity contribution < 1.29 is 9.53 Å². The van der Waals surface area contributed by atoms with Gasteiger partial charge in [0.2, 0.25) is 5.95 Å². The Morgan fingerprint density at radius 3 is 2.88 bits per heavy atom. The van der Waals surface area contributed by atoms with E-state index in [-0.39, 0.29) is 11.5 Å². The molecule has 0 aliphatic carbocycles. The number of aromatic nitrogens is 4. The van der Waals surface area contributed by atoms with Crippen molar-refractivity contribution in [2.45, 2.75) is 18.4 Å². The van der Waals surface area contributed by atoms with E-state index in [1.165, 1.54) is 0 Å². The number of rotatable bonds is 5. The van der Waals surface area contributed by atoms with E-state index in [1.807, 2.05) is 6.07 Å². The van der Waals surface area contributed by atoms with Crippen molar-refractivity contribution in [3.8, 4) is 0 Å². The summed E-state index contributed by atoms with van der Waals surface area (Å²) >= 11 is 0. The monoisotopic (exact) mass is 342 g/mol. The Bertz CT molecular complexity index is 741. The predicted molar refractivity (Wildman–Crippen MR) is 91.2 cm³/mol. The second kappa shape index (κ2) is 6.44. The van der Waals surface area contributed by atoms with E-state index in [4.69, 9.17) is 4.74 Å². The fraction of sp³-hybridized carbons (Fsp3) is 0.529. The Labute approximate surface area is 146 Å². The highest BCUT2D eigenvalue weighted by Gasteiger charge is 2.53. The number of carbonyl (C=O) groups is 1. The fourth-order valence-corrected chi connectivity index (χ4v) is 3.79. The standard InChI is InChI=1S/C17H22N6O2/c1-22-14(4-9-21-22)15(24)18-8-3-13-5-10-25-17(13)11-23(12-17)16-19-6-2-7-20-16/h2,4,6-7,9,13H,3,5,8,10-12H2,1H3,(H,18,24)/t13-/m0/s1. The van der Waals surface area contributed by atoms with Gasteiger partial charge in [0.25, 0.3) is 5.91 Å². The van der Waals surface area contributed by atoms with Gasteiger partial charge in [-0.2, -0.15) is 5.10 Å². The van der Waals surface area contributed by atoms with Gasteiger partial charge in [-0.15, -0.1) is 0 Å². The first-order valence-electron chi connectivity index (χ1n) is 8.60. The topological polar surface area (TPSA) is 85.2 Å². The summed E-state index contributed by atoms with van der Waals surface area (Å²) in [5.41, 5.74) is 0.463. The van der Waals surface area contributed by atoms with E-state index in [2.05, 4.69) is 25.3 Å². The molecule has 0 radical (unpaired) electrons. The molecule has 2 aliphatic heterocycles. The minimum absolute atomic E-state index is 0.0825. The Morgan fingerprint density at radius 2 is 2.16 bits per heavy atom. The van der Waals surface area contributed by atoms with Gasteiger partial charge in [-0.1, -0.05) is 0 Å². The molecule has 4 heterocycles. The largest absolute Gasteiger partial charge is 0.371 e. The molecular weight excluding hydrogens is 320 g/mol. The van der Waals surface area contributed by atoms with Gasteiger partial charge in [-0.25, -0.2) is 9.97 Å². The zero-order valence-corrected chi connectivity index (χ0v) is 14.3. The minimum atomic E-state index is -0.115. The van der Waals surface area contributed by atoms with Gasteiger partial charge in [0, 0.05) is 38.8 Å². The van der Waals surface area contributed by atoms with Crippen molar-refractivity contribution in [3.63, 3.8) is 0 Å². The minimum Gasteiger partial charge on any atom is -0.371 e. The van der Waals surface area contributed by atoms with Gasteiger partial charge in [0.15, 0.2) is 0 Å². The second-order valence-corrected chi connectivity index (χ2v) is 6.69. The van der Waals surface area contributed by atoms with E-state index in [1.54, 1.807) is 36.4 Å². The Hall–Kier alpha value is -2.48. The average molecular weight is 342 g/mol. The maximum absolute atomic E-state index is 12.2. The van der Waals surface area contributed by atoms with E-state index in [9.17, 15) is 4.79 Å². The average Bonchev–Trinajstić information content (AvgIpc) is 3.20. The smallest absolute Gasteiger partial charge is 0.269 e. The third-order valence-corrected chi connectivity index (χ3v) is 5.18. The molecule has 1 N–H and O–H groups in total. The van der Waals surface area contributed by atoms with Crippen LogP contribution in [0.5, 0.6) is 0 Å². The molecule has 0 saturated carbocycles. The highest BCUT2D eigenvalue weighted by atomic mass is 16.5. The lowest BCUT2D eigenvalue weighted by atomic mass is 9.79. The maximum atomic E-state index is 12.2. The van der Waals surface area contributed by atoms with Crippen LogP contribution in [0.15, 0.2) is 30.7 Å². The van der Waals surface area contributed by atoms with Crippen molar-refractivity contribution in [2.75, 3.05) is 31.1 Å². The Kier molecular flexibility index (Phi) is 4.12. The van der Waals surface area contributed by atoms with Crippen molar-refractivity contribution in [2.24, 2.45) is 13.0 Å². The van der Waals surface area contributed by atoms with Crippen LogP contribution < -0.4 is 10.2 Å². The molecule has 0 unspecified atom stereocenters. The molecule has 0 aromatic carbocycles.